The van der Waals surface area contributed by atoms with Gasteiger partial charge in [-0.25, -0.2) is 0 Å². The number of ether oxygens (including phenoxy) is 1. The topological polar surface area (TPSA) is 38.3 Å². The van der Waals surface area contributed by atoms with Crippen molar-refractivity contribution in [2.45, 2.75) is 32.8 Å². The number of nitrogens with one attached hydrogen (secondary N) is 1. The average Bonchev–Trinajstić information content (AvgIpc) is 2.76. The Morgan fingerprint density at radius 1 is 1.18 bits per heavy atom. The van der Waals surface area contributed by atoms with Gasteiger partial charge in [0.05, 0.1) is 11.4 Å². The van der Waals surface area contributed by atoms with Gasteiger partial charge in [0.2, 0.25) is 5.91 Å². The molecular weight excluding hydrogens is 298 g/mol. The molecule has 0 aliphatic carbocycles. The van der Waals surface area contributed by atoms with Gasteiger partial charge in [0.1, 0.15) is 11.4 Å². The number of anilines is 1. The van der Waals surface area contributed by atoms with Gasteiger partial charge >= 0.3 is 0 Å². The largest absolute Gasteiger partial charge is 0.487 e. The number of carbonyl (C=O) groups excluding carboxylic acids is 1. The molecule has 3 rings (SSSR count). The first-order valence-electron chi connectivity index (χ1n) is 7.24. The Hall–Kier alpha value is -2.00. The molecule has 0 atom stereocenters. The molecule has 0 bridgehead atoms. The zero-order valence-corrected chi connectivity index (χ0v) is 13.6. The van der Waals surface area contributed by atoms with Crippen LogP contribution in [0.4, 0.5) is 5.69 Å². The van der Waals surface area contributed by atoms with Crippen LogP contribution in [-0.4, -0.2) is 11.5 Å². The first-order chi connectivity index (χ1) is 10.3. The van der Waals surface area contributed by atoms with Gasteiger partial charge in [-0.2, -0.15) is 0 Å². The monoisotopic (exact) mass is 315 g/mol. The average molecular weight is 316 g/mol. The summed E-state index contributed by atoms with van der Waals surface area (Å²) < 4.78 is 6.04. The molecule has 0 saturated heterocycles. The van der Waals surface area contributed by atoms with E-state index in [0.29, 0.717) is 11.4 Å². The van der Waals surface area contributed by atoms with E-state index in [4.69, 9.17) is 16.3 Å². The minimum Gasteiger partial charge on any atom is -0.487 e. The van der Waals surface area contributed by atoms with Gasteiger partial charge < -0.3 is 10.1 Å². The van der Waals surface area contributed by atoms with Gasteiger partial charge in [0.15, 0.2) is 0 Å². The number of halogens is 1. The fourth-order valence-electron chi connectivity index (χ4n) is 2.58. The third-order valence-corrected chi connectivity index (χ3v) is 3.73. The molecule has 1 heterocycles. The lowest BCUT2D eigenvalue weighted by Crippen LogP contribution is -2.23. The van der Waals surface area contributed by atoms with Gasteiger partial charge in [-0.05, 0) is 56.2 Å². The molecule has 1 N–H and O–H groups in total. The summed E-state index contributed by atoms with van der Waals surface area (Å²) in [5.41, 5.74) is 3.37. The third-order valence-electron chi connectivity index (χ3n) is 3.41. The van der Waals surface area contributed by atoms with Crippen LogP contribution in [0.15, 0.2) is 36.4 Å². The molecule has 22 heavy (non-hydrogen) atoms. The van der Waals surface area contributed by atoms with Crippen molar-refractivity contribution in [2.24, 2.45) is 0 Å². The van der Waals surface area contributed by atoms with E-state index in [9.17, 15) is 4.79 Å². The fraction of sp³-hybridized carbons (Fsp3) is 0.278. The Bertz CT molecular complexity index is 747. The highest BCUT2D eigenvalue weighted by atomic mass is 35.5. The summed E-state index contributed by atoms with van der Waals surface area (Å²) in [5, 5.41) is 3.48. The SMILES string of the molecule is CC(C)(C)Oc1cccc(Cl)c1-c1ccc2c(c1)CC(=O)N2. The van der Waals surface area contributed by atoms with Gasteiger partial charge in [0, 0.05) is 11.3 Å². The van der Waals surface area contributed by atoms with Crippen molar-refractivity contribution in [1.29, 1.82) is 0 Å². The molecule has 1 amide bonds. The van der Waals surface area contributed by atoms with Gasteiger partial charge in [0.25, 0.3) is 0 Å². The quantitative estimate of drug-likeness (QED) is 0.874. The molecule has 0 fully saturated rings. The zero-order valence-electron chi connectivity index (χ0n) is 12.9. The summed E-state index contributed by atoms with van der Waals surface area (Å²) in [6.07, 6.45) is 0.406. The van der Waals surface area contributed by atoms with E-state index in [1.165, 1.54) is 0 Å². The molecule has 114 valence electrons. The molecule has 0 aromatic heterocycles. The lowest BCUT2D eigenvalue weighted by atomic mass is 10.0. The predicted octanol–water partition coefficient (Wildman–Crippen LogP) is 4.68. The van der Waals surface area contributed by atoms with Crippen LogP contribution in [-0.2, 0) is 11.2 Å². The second-order valence-corrected chi connectivity index (χ2v) is 6.83. The number of carbonyl (C=O) groups is 1. The first kappa shape index (κ1) is 14.9. The number of benzene rings is 2. The van der Waals surface area contributed by atoms with Crippen molar-refractivity contribution >= 4 is 23.2 Å². The summed E-state index contributed by atoms with van der Waals surface area (Å²) in [6.45, 7) is 6.01. The Morgan fingerprint density at radius 3 is 2.68 bits per heavy atom. The van der Waals surface area contributed by atoms with E-state index >= 15 is 0 Å². The standard InChI is InChI=1S/C18H18ClNO2/c1-18(2,3)22-15-6-4-5-13(19)17(15)11-7-8-14-12(9-11)10-16(21)20-14/h4-9H,10H2,1-3H3,(H,20,21). The predicted molar refractivity (Wildman–Crippen MR) is 89.6 cm³/mol. The third kappa shape index (κ3) is 2.95. The Labute approximate surface area is 135 Å². The molecule has 0 radical (unpaired) electrons. The Balaban J connectivity index is 2.09. The Kier molecular flexibility index (Phi) is 3.61. The highest BCUT2D eigenvalue weighted by molar-refractivity contribution is 6.33. The minimum atomic E-state index is -0.312. The fourth-order valence-corrected chi connectivity index (χ4v) is 2.86. The van der Waals surface area contributed by atoms with E-state index in [1.54, 1.807) is 0 Å². The van der Waals surface area contributed by atoms with E-state index in [0.717, 1.165) is 28.1 Å². The summed E-state index contributed by atoms with van der Waals surface area (Å²) in [4.78, 5) is 11.5. The van der Waals surface area contributed by atoms with Crippen LogP contribution in [0.1, 0.15) is 26.3 Å². The molecule has 0 saturated carbocycles. The molecule has 0 spiro atoms. The van der Waals surface area contributed by atoms with E-state index in [2.05, 4.69) is 5.32 Å². The van der Waals surface area contributed by atoms with Crippen molar-refractivity contribution in [1.82, 2.24) is 0 Å². The molecule has 2 aromatic carbocycles. The van der Waals surface area contributed by atoms with E-state index in [1.807, 2.05) is 57.2 Å². The lowest BCUT2D eigenvalue weighted by molar-refractivity contribution is -0.115. The first-order valence-corrected chi connectivity index (χ1v) is 7.62. The van der Waals surface area contributed by atoms with Crippen molar-refractivity contribution in [2.75, 3.05) is 5.32 Å². The maximum absolute atomic E-state index is 11.5. The van der Waals surface area contributed by atoms with Gasteiger partial charge in [-0.1, -0.05) is 23.7 Å². The van der Waals surface area contributed by atoms with Crippen LogP contribution in [0, 0.1) is 0 Å². The van der Waals surface area contributed by atoms with Crippen LogP contribution >= 0.6 is 11.6 Å². The van der Waals surface area contributed by atoms with E-state index in [-0.39, 0.29) is 11.5 Å². The van der Waals surface area contributed by atoms with Crippen molar-refractivity contribution in [3.63, 3.8) is 0 Å². The number of hydrogen-bond donors (Lipinski definition) is 1. The van der Waals surface area contributed by atoms with E-state index < -0.39 is 0 Å². The number of hydrogen-bond acceptors (Lipinski definition) is 2. The number of rotatable bonds is 2. The maximum atomic E-state index is 11.5. The molecule has 1 aliphatic rings. The second kappa shape index (κ2) is 5.33. The van der Waals surface area contributed by atoms with Crippen LogP contribution in [0.25, 0.3) is 11.1 Å². The summed E-state index contributed by atoms with van der Waals surface area (Å²) in [6, 6.07) is 11.5. The van der Waals surface area contributed by atoms with Gasteiger partial charge in [-0.3, -0.25) is 4.79 Å². The molecule has 2 aromatic rings. The highest BCUT2D eigenvalue weighted by Gasteiger charge is 2.21. The molecular formula is C18H18ClNO2. The van der Waals surface area contributed by atoms with Crippen LogP contribution in [0.5, 0.6) is 5.75 Å². The smallest absolute Gasteiger partial charge is 0.228 e. The van der Waals surface area contributed by atoms with Crippen LogP contribution < -0.4 is 10.1 Å². The number of fused-ring (bicyclic) bond motifs is 1. The summed E-state index contributed by atoms with van der Waals surface area (Å²) in [5.74, 6) is 0.773. The Morgan fingerprint density at radius 2 is 1.95 bits per heavy atom. The zero-order chi connectivity index (χ0) is 15.9. The molecule has 1 aliphatic heterocycles. The molecule has 0 unspecified atom stereocenters. The molecule has 3 nitrogen and oxygen atoms in total. The van der Waals surface area contributed by atoms with Crippen molar-refractivity contribution in [3.05, 3.63) is 47.0 Å². The normalized spacial score (nSPS) is 13.7. The lowest BCUT2D eigenvalue weighted by Gasteiger charge is -2.24. The van der Waals surface area contributed by atoms with Gasteiger partial charge in [-0.15, -0.1) is 0 Å². The number of amides is 1. The van der Waals surface area contributed by atoms with Crippen LogP contribution in [0.3, 0.4) is 0 Å². The van der Waals surface area contributed by atoms with Crippen molar-refractivity contribution < 1.29 is 9.53 Å². The summed E-state index contributed by atoms with van der Waals surface area (Å²) in [7, 11) is 0. The maximum Gasteiger partial charge on any atom is 0.228 e. The second-order valence-electron chi connectivity index (χ2n) is 6.42. The van der Waals surface area contributed by atoms with Crippen molar-refractivity contribution in [3.8, 4) is 16.9 Å². The molecule has 4 heteroatoms. The minimum absolute atomic E-state index is 0.0254. The summed E-state index contributed by atoms with van der Waals surface area (Å²) >= 11 is 6.41. The van der Waals surface area contributed by atoms with Crippen LogP contribution in [0.2, 0.25) is 5.02 Å². The highest BCUT2D eigenvalue weighted by Crippen LogP contribution is 2.40.